The Labute approximate surface area is 129 Å². The van der Waals surface area contributed by atoms with Gasteiger partial charge in [0.25, 0.3) is 0 Å². The number of sulfone groups is 1. The number of primary amides is 1. The zero-order valence-corrected chi connectivity index (χ0v) is 12.9. The first-order chi connectivity index (χ1) is 10.4. The maximum absolute atomic E-state index is 12.5. The Morgan fingerprint density at radius 1 is 1.23 bits per heavy atom. The number of urea groups is 1. The second kappa shape index (κ2) is 6.78. The van der Waals surface area contributed by atoms with Crippen molar-refractivity contribution < 1.29 is 18.0 Å². The molecule has 0 bridgehead atoms. The molecule has 7 nitrogen and oxygen atoms in total. The minimum atomic E-state index is -3.33. The summed E-state index contributed by atoms with van der Waals surface area (Å²) < 4.78 is 25.0. The van der Waals surface area contributed by atoms with Crippen LogP contribution < -0.4 is 16.4 Å². The van der Waals surface area contributed by atoms with Gasteiger partial charge in [-0.15, -0.1) is 0 Å². The molecular weight excluding hydrogens is 306 g/mol. The molecule has 1 saturated carbocycles. The molecule has 120 valence electrons. The number of imide groups is 1. The number of hydrogen-bond donors (Lipinski definition) is 3. The van der Waals surface area contributed by atoms with E-state index in [-0.39, 0.29) is 16.7 Å². The van der Waals surface area contributed by atoms with Crippen molar-refractivity contribution in [2.45, 2.75) is 35.8 Å². The molecule has 2 rings (SSSR count). The average Bonchev–Trinajstić information content (AvgIpc) is 2.99. The number of rotatable bonds is 5. The first-order valence-corrected chi connectivity index (χ1v) is 8.61. The van der Waals surface area contributed by atoms with Crippen molar-refractivity contribution in [2.75, 3.05) is 11.9 Å². The molecule has 0 aromatic heterocycles. The van der Waals surface area contributed by atoms with Gasteiger partial charge in [-0.05, 0) is 31.0 Å². The summed E-state index contributed by atoms with van der Waals surface area (Å²) in [6, 6.07) is 5.42. The molecule has 1 aromatic carbocycles. The molecule has 0 aliphatic heterocycles. The first kappa shape index (κ1) is 16.3. The summed E-state index contributed by atoms with van der Waals surface area (Å²) in [7, 11) is -3.33. The Balaban J connectivity index is 2.06. The Bertz CT molecular complexity index is 666. The van der Waals surface area contributed by atoms with E-state index in [1.54, 1.807) is 18.2 Å². The third kappa shape index (κ3) is 3.97. The van der Waals surface area contributed by atoms with E-state index in [0.29, 0.717) is 18.5 Å². The van der Waals surface area contributed by atoms with E-state index in [2.05, 4.69) is 5.32 Å². The summed E-state index contributed by atoms with van der Waals surface area (Å²) in [6.45, 7) is -0.171. The second-order valence-corrected chi connectivity index (χ2v) is 7.47. The summed E-state index contributed by atoms with van der Waals surface area (Å²) in [5.74, 6) is -0.587. The standard InChI is InChI=1S/C14H19N3O4S/c15-14(19)17-13(18)9-16-10-4-3-7-12(8-10)22(20,21)11-5-1-2-6-11/h3-4,7-8,11,16H,1-2,5-6,9H2,(H3,15,17,18,19). The zero-order chi connectivity index (χ0) is 16.2. The van der Waals surface area contributed by atoms with Crippen LogP contribution in [0.2, 0.25) is 0 Å². The molecule has 1 aromatic rings. The van der Waals surface area contributed by atoms with E-state index in [1.807, 2.05) is 5.32 Å². The van der Waals surface area contributed by atoms with E-state index in [4.69, 9.17) is 5.73 Å². The van der Waals surface area contributed by atoms with Crippen molar-refractivity contribution in [1.82, 2.24) is 5.32 Å². The molecule has 0 heterocycles. The van der Waals surface area contributed by atoms with Gasteiger partial charge < -0.3 is 11.1 Å². The largest absolute Gasteiger partial charge is 0.376 e. The van der Waals surface area contributed by atoms with Crippen molar-refractivity contribution >= 4 is 27.5 Å². The highest BCUT2D eigenvalue weighted by Crippen LogP contribution is 2.30. The fourth-order valence-electron chi connectivity index (χ4n) is 2.54. The van der Waals surface area contributed by atoms with Gasteiger partial charge in [-0.3, -0.25) is 10.1 Å². The van der Waals surface area contributed by atoms with Crippen LogP contribution in [-0.2, 0) is 14.6 Å². The highest BCUT2D eigenvalue weighted by Gasteiger charge is 2.30. The zero-order valence-electron chi connectivity index (χ0n) is 12.0. The van der Waals surface area contributed by atoms with E-state index in [9.17, 15) is 18.0 Å². The Hall–Kier alpha value is -2.09. The van der Waals surface area contributed by atoms with Gasteiger partial charge in [0, 0.05) is 5.69 Å². The van der Waals surface area contributed by atoms with Crippen LogP contribution in [0.5, 0.6) is 0 Å². The summed E-state index contributed by atoms with van der Waals surface area (Å²) >= 11 is 0. The lowest BCUT2D eigenvalue weighted by Gasteiger charge is -2.13. The van der Waals surface area contributed by atoms with Gasteiger partial charge in [0.05, 0.1) is 16.7 Å². The number of hydrogen-bond acceptors (Lipinski definition) is 5. The van der Waals surface area contributed by atoms with E-state index < -0.39 is 21.8 Å². The number of carbonyl (C=O) groups is 2. The minimum absolute atomic E-state index is 0.171. The molecule has 0 radical (unpaired) electrons. The third-order valence-corrected chi connectivity index (χ3v) is 5.88. The van der Waals surface area contributed by atoms with Crippen LogP contribution in [0.3, 0.4) is 0 Å². The number of nitrogens with one attached hydrogen (secondary N) is 2. The molecule has 0 atom stereocenters. The van der Waals surface area contributed by atoms with E-state index in [0.717, 1.165) is 12.8 Å². The Morgan fingerprint density at radius 2 is 1.91 bits per heavy atom. The quantitative estimate of drug-likeness (QED) is 0.746. The lowest BCUT2D eigenvalue weighted by Crippen LogP contribution is -2.38. The van der Waals surface area contributed by atoms with Crippen LogP contribution in [0.1, 0.15) is 25.7 Å². The predicted molar refractivity (Wildman–Crippen MR) is 82.1 cm³/mol. The molecule has 1 fully saturated rings. The maximum Gasteiger partial charge on any atom is 0.318 e. The highest BCUT2D eigenvalue weighted by atomic mass is 32.2. The smallest absolute Gasteiger partial charge is 0.318 e. The summed E-state index contributed by atoms with van der Waals surface area (Å²) in [5, 5.41) is 4.37. The Morgan fingerprint density at radius 3 is 2.55 bits per heavy atom. The lowest BCUT2D eigenvalue weighted by atomic mass is 10.3. The van der Waals surface area contributed by atoms with Gasteiger partial charge in [-0.25, -0.2) is 13.2 Å². The second-order valence-electron chi connectivity index (χ2n) is 5.25. The molecule has 22 heavy (non-hydrogen) atoms. The van der Waals surface area contributed by atoms with Crippen LogP contribution >= 0.6 is 0 Å². The Kier molecular flexibility index (Phi) is 5.02. The van der Waals surface area contributed by atoms with Crippen molar-refractivity contribution in [3.8, 4) is 0 Å². The van der Waals surface area contributed by atoms with Crippen LogP contribution in [0, 0.1) is 0 Å². The highest BCUT2D eigenvalue weighted by molar-refractivity contribution is 7.92. The van der Waals surface area contributed by atoms with Crippen LogP contribution in [0.4, 0.5) is 10.5 Å². The molecule has 8 heteroatoms. The number of amides is 3. The third-order valence-electron chi connectivity index (χ3n) is 3.62. The van der Waals surface area contributed by atoms with Gasteiger partial charge in [0.2, 0.25) is 5.91 Å². The maximum atomic E-state index is 12.5. The summed E-state index contributed by atoms with van der Waals surface area (Å²) in [5.41, 5.74) is 5.33. The van der Waals surface area contributed by atoms with Gasteiger partial charge in [-0.2, -0.15) is 0 Å². The monoisotopic (exact) mass is 325 g/mol. The number of anilines is 1. The van der Waals surface area contributed by atoms with Crippen molar-refractivity contribution in [3.05, 3.63) is 24.3 Å². The predicted octanol–water partition coefficient (Wildman–Crippen LogP) is 1.01. The SMILES string of the molecule is NC(=O)NC(=O)CNc1cccc(S(=O)(=O)C2CCCC2)c1. The molecule has 0 saturated heterocycles. The molecular formula is C14H19N3O4S. The van der Waals surface area contributed by atoms with Gasteiger partial charge >= 0.3 is 6.03 Å². The summed E-state index contributed by atoms with van der Waals surface area (Å²) in [6.07, 6.45) is 3.27. The van der Waals surface area contributed by atoms with Crippen molar-refractivity contribution in [2.24, 2.45) is 5.73 Å². The number of carbonyl (C=O) groups excluding carboxylic acids is 2. The lowest BCUT2D eigenvalue weighted by molar-refractivity contribution is -0.118. The van der Waals surface area contributed by atoms with Gasteiger partial charge in [-0.1, -0.05) is 18.9 Å². The van der Waals surface area contributed by atoms with Crippen molar-refractivity contribution in [1.29, 1.82) is 0 Å². The minimum Gasteiger partial charge on any atom is -0.376 e. The number of nitrogens with two attached hydrogens (primary N) is 1. The first-order valence-electron chi connectivity index (χ1n) is 7.07. The molecule has 1 aliphatic carbocycles. The van der Waals surface area contributed by atoms with Gasteiger partial charge in [0.1, 0.15) is 0 Å². The fraction of sp³-hybridized carbons (Fsp3) is 0.429. The molecule has 1 aliphatic rings. The molecule has 3 amide bonds. The van der Waals surface area contributed by atoms with E-state index in [1.165, 1.54) is 6.07 Å². The normalized spacial score (nSPS) is 15.5. The van der Waals surface area contributed by atoms with Crippen LogP contribution in [0.25, 0.3) is 0 Å². The van der Waals surface area contributed by atoms with E-state index >= 15 is 0 Å². The topological polar surface area (TPSA) is 118 Å². The molecule has 4 N–H and O–H groups in total. The van der Waals surface area contributed by atoms with Crippen LogP contribution in [-0.4, -0.2) is 32.2 Å². The van der Waals surface area contributed by atoms with Gasteiger partial charge in [0.15, 0.2) is 9.84 Å². The summed E-state index contributed by atoms with van der Waals surface area (Å²) in [4.78, 5) is 22.1. The average molecular weight is 325 g/mol. The van der Waals surface area contributed by atoms with Crippen molar-refractivity contribution in [3.63, 3.8) is 0 Å². The molecule has 0 spiro atoms. The molecule has 0 unspecified atom stereocenters. The van der Waals surface area contributed by atoms with Crippen LogP contribution in [0.15, 0.2) is 29.2 Å². The number of benzene rings is 1. The fourth-order valence-corrected chi connectivity index (χ4v) is 4.44.